The smallest absolute Gasteiger partial charge is 0.115 e. The summed E-state index contributed by atoms with van der Waals surface area (Å²) in [5.41, 5.74) is 1.54. The van der Waals surface area contributed by atoms with E-state index in [0.29, 0.717) is 0 Å². The van der Waals surface area contributed by atoms with Crippen LogP contribution in [0.2, 0.25) is 0 Å². The number of phenols is 2. The van der Waals surface area contributed by atoms with Gasteiger partial charge in [-0.05, 0) is 41.8 Å². The van der Waals surface area contributed by atoms with Crippen LogP contribution < -0.4 is 5.11 Å². The fourth-order valence-electron chi connectivity index (χ4n) is 2.01. The van der Waals surface area contributed by atoms with Crippen molar-refractivity contribution >= 4 is 5.97 Å². The van der Waals surface area contributed by atoms with E-state index in [2.05, 4.69) is 0 Å². The number of aliphatic carboxylic acids is 1. The zero-order valence-corrected chi connectivity index (χ0v) is 10.1. The van der Waals surface area contributed by atoms with Crippen LogP contribution in [0.1, 0.15) is 23.5 Å². The highest BCUT2D eigenvalue weighted by atomic mass is 16.4. The van der Waals surface area contributed by atoms with Gasteiger partial charge in [-0.15, -0.1) is 0 Å². The lowest BCUT2D eigenvalue weighted by atomic mass is 9.88. The first-order chi connectivity index (χ1) is 9.06. The van der Waals surface area contributed by atoms with E-state index in [4.69, 9.17) is 0 Å². The maximum atomic E-state index is 10.9. The maximum Gasteiger partial charge on any atom is 0.115 e. The van der Waals surface area contributed by atoms with Crippen LogP contribution in [0.15, 0.2) is 48.5 Å². The SMILES string of the molecule is O=C([O-])CC(c1ccc(O)cc1)c1ccc(O)cc1. The molecule has 0 unspecified atom stereocenters. The number of carbonyl (C=O) groups is 1. The second kappa shape index (κ2) is 5.44. The normalized spacial score (nSPS) is 10.6. The number of phenolic OH excluding ortho intramolecular Hbond substituents is 2. The van der Waals surface area contributed by atoms with Crippen LogP contribution in [0.5, 0.6) is 11.5 Å². The molecule has 0 aliphatic carbocycles. The maximum absolute atomic E-state index is 10.9. The molecule has 0 spiro atoms. The van der Waals surface area contributed by atoms with Gasteiger partial charge < -0.3 is 20.1 Å². The van der Waals surface area contributed by atoms with E-state index in [1.54, 1.807) is 24.3 Å². The Labute approximate surface area is 110 Å². The average molecular weight is 257 g/mol. The highest BCUT2D eigenvalue weighted by Gasteiger charge is 2.14. The summed E-state index contributed by atoms with van der Waals surface area (Å²) in [4.78, 5) is 10.9. The third-order valence-corrected chi connectivity index (χ3v) is 2.96. The molecule has 0 fully saturated rings. The van der Waals surface area contributed by atoms with Crippen molar-refractivity contribution in [2.75, 3.05) is 0 Å². The molecule has 0 aliphatic heterocycles. The van der Waals surface area contributed by atoms with Gasteiger partial charge in [-0.1, -0.05) is 24.3 Å². The summed E-state index contributed by atoms with van der Waals surface area (Å²) >= 11 is 0. The number of hydrogen-bond acceptors (Lipinski definition) is 4. The van der Waals surface area contributed by atoms with Crippen molar-refractivity contribution in [3.05, 3.63) is 59.7 Å². The van der Waals surface area contributed by atoms with Crippen LogP contribution in [0.3, 0.4) is 0 Å². The molecule has 2 rings (SSSR count). The topological polar surface area (TPSA) is 80.6 Å². The van der Waals surface area contributed by atoms with E-state index in [1.807, 2.05) is 0 Å². The van der Waals surface area contributed by atoms with Crippen LogP contribution >= 0.6 is 0 Å². The Morgan fingerprint density at radius 1 is 0.895 bits per heavy atom. The molecule has 0 heterocycles. The Morgan fingerprint density at radius 2 is 1.26 bits per heavy atom. The van der Waals surface area contributed by atoms with Gasteiger partial charge in [-0.2, -0.15) is 0 Å². The van der Waals surface area contributed by atoms with E-state index in [9.17, 15) is 20.1 Å². The first-order valence-electron chi connectivity index (χ1n) is 5.84. The minimum absolute atomic E-state index is 0.127. The monoisotopic (exact) mass is 257 g/mol. The van der Waals surface area contributed by atoms with Crippen molar-refractivity contribution in [1.29, 1.82) is 0 Å². The zero-order chi connectivity index (χ0) is 13.8. The lowest BCUT2D eigenvalue weighted by Gasteiger charge is -2.18. The molecule has 0 saturated carbocycles. The third kappa shape index (κ3) is 3.25. The van der Waals surface area contributed by atoms with Crippen LogP contribution in [-0.2, 0) is 4.79 Å². The Morgan fingerprint density at radius 3 is 1.58 bits per heavy atom. The number of rotatable bonds is 4. The lowest BCUT2D eigenvalue weighted by molar-refractivity contribution is -0.305. The fraction of sp³-hybridized carbons (Fsp3) is 0.133. The van der Waals surface area contributed by atoms with Crippen molar-refractivity contribution in [3.63, 3.8) is 0 Å². The molecule has 4 nitrogen and oxygen atoms in total. The summed E-state index contributed by atoms with van der Waals surface area (Å²) < 4.78 is 0. The van der Waals surface area contributed by atoms with E-state index in [-0.39, 0.29) is 23.8 Å². The second-order valence-electron chi connectivity index (χ2n) is 4.31. The van der Waals surface area contributed by atoms with Gasteiger partial charge in [0.1, 0.15) is 11.5 Å². The average Bonchev–Trinajstić information content (AvgIpc) is 2.38. The molecular formula is C15H13O4-. The molecule has 19 heavy (non-hydrogen) atoms. The lowest BCUT2D eigenvalue weighted by Crippen LogP contribution is -2.24. The van der Waals surface area contributed by atoms with Gasteiger partial charge in [0.2, 0.25) is 0 Å². The molecule has 4 heteroatoms. The van der Waals surface area contributed by atoms with Gasteiger partial charge >= 0.3 is 0 Å². The Balaban J connectivity index is 2.37. The first kappa shape index (κ1) is 13.0. The molecule has 0 bridgehead atoms. The van der Waals surface area contributed by atoms with E-state index in [0.717, 1.165) is 11.1 Å². The quantitative estimate of drug-likeness (QED) is 0.866. The van der Waals surface area contributed by atoms with Crippen molar-refractivity contribution in [2.45, 2.75) is 12.3 Å². The molecule has 2 N–H and O–H groups in total. The summed E-state index contributed by atoms with van der Waals surface area (Å²) in [5, 5.41) is 29.4. The summed E-state index contributed by atoms with van der Waals surface area (Å²) in [6, 6.07) is 12.8. The standard InChI is InChI=1S/C15H14O4/c16-12-5-1-10(2-6-12)14(9-15(18)19)11-3-7-13(17)8-4-11/h1-8,14,16-17H,9H2,(H,18,19)/p-1. The molecule has 0 saturated heterocycles. The predicted octanol–water partition coefficient (Wildman–Crippen LogP) is 1.37. The van der Waals surface area contributed by atoms with Crippen molar-refractivity contribution in [2.24, 2.45) is 0 Å². The van der Waals surface area contributed by atoms with E-state index >= 15 is 0 Å². The number of carboxylic acid groups (broad SMARTS) is 1. The molecule has 0 aromatic heterocycles. The number of carboxylic acids is 1. The van der Waals surface area contributed by atoms with Gasteiger partial charge in [-0.25, -0.2) is 0 Å². The van der Waals surface area contributed by atoms with Crippen LogP contribution in [0, 0.1) is 0 Å². The van der Waals surface area contributed by atoms with Gasteiger partial charge in [0.25, 0.3) is 0 Å². The summed E-state index contributed by atoms with van der Waals surface area (Å²) in [6.07, 6.45) is -0.157. The van der Waals surface area contributed by atoms with Gasteiger partial charge in [-0.3, -0.25) is 0 Å². The summed E-state index contributed by atoms with van der Waals surface area (Å²) in [7, 11) is 0. The van der Waals surface area contributed by atoms with Crippen LogP contribution in [0.4, 0.5) is 0 Å². The molecule has 0 aliphatic rings. The highest BCUT2D eigenvalue weighted by molar-refractivity contribution is 5.67. The highest BCUT2D eigenvalue weighted by Crippen LogP contribution is 2.29. The first-order valence-corrected chi connectivity index (χ1v) is 5.84. The third-order valence-electron chi connectivity index (χ3n) is 2.96. The zero-order valence-electron chi connectivity index (χ0n) is 10.1. The van der Waals surface area contributed by atoms with Gasteiger partial charge in [0, 0.05) is 11.9 Å². The van der Waals surface area contributed by atoms with Crippen LogP contribution in [0.25, 0.3) is 0 Å². The minimum Gasteiger partial charge on any atom is -0.550 e. The number of benzene rings is 2. The predicted molar refractivity (Wildman–Crippen MR) is 67.7 cm³/mol. The molecule has 0 atom stereocenters. The molecule has 0 radical (unpaired) electrons. The molecule has 2 aromatic carbocycles. The minimum atomic E-state index is -1.15. The largest absolute Gasteiger partial charge is 0.550 e. The summed E-state index contributed by atoms with van der Waals surface area (Å²) in [6.45, 7) is 0. The van der Waals surface area contributed by atoms with E-state index in [1.165, 1.54) is 24.3 Å². The second-order valence-corrected chi connectivity index (χ2v) is 4.31. The van der Waals surface area contributed by atoms with Crippen molar-refractivity contribution < 1.29 is 20.1 Å². The van der Waals surface area contributed by atoms with Crippen LogP contribution in [-0.4, -0.2) is 16.2 Å². The Kier molecular flexibility index (Phi) is 3.71. The summed E-state index contributed by atoms with van der Waals surface area (Å²) in [5.74, 6) is -1.26. The molecule has 0 amide bonds. The fourth-order valence-corrected chi connectivity index (χ4v) is 2.01. The Bertz CT molecular complexity index is 512. The van der Waals surface area contributed by atoms with E-state index < -0.39 is 5.97 Å². The number of carbonyl (C=O) groups excluding carboxylic acids is 1. The van der Waals surface area contributed by atoms with Gasteiger partial charge in [0.15, 0.2) is 0 Å². The molecular weight excluding hydrogens is 244 g/mol. The Hall–Kier alpha value is -2.49. The van der Waals surface area contributed by atoms with Crippen molar-refractivity contribution in [3.8, 4) is 11.5 Å². The number of aromatic hydroxyl groups is 2. The molecule has 98 valence electrons. The van der Waals surface area contributed by atoms with Gasteiger partial charge in [0.05, 0.1) is 0 Å². The van der Waals surface area contributed by atoms with Crippen molar-refractivity contribution in [1.82, 2.24) is 0 Å². The number of hydrogen-bond donors (Lipinski definition) is 2. The molecule has 2 aromatic rings.